The minimum absolute atomic E-state index is 0.306. The zero-order valence-corrected chi connectivity index (χ0v) is 12.9. The summed E-state index contributed by atoms with van der Waals surface area (Å²) in [6.45, 7) is 2.69. The number of esters is 1. The highest BCUT2D eigenvalue weighted by atomic mass is 16.5. The van der Waals surface area contributed by atoms with E-state index in [1.54, 1.807) is 12.1 Å². The van der Waals surface area contributed by atoms with Crippen LogP contribution >= 0.6 is 0 Å². The molecule has 0 unspecified atom stereocenters. The average Bonchev–Trinajstić information content (AvgIpc) is 3.15. The molecule has 0 amide bonds. The molecule has 116 valence electrons. The first-order valence-electron chi connectivity index (χ1n) is 7.64. The highest BCUT2D eigenvalue weighted by molar-refractivity contribution is 5.89. The quantitative estimate of drug-likeness (QED) is 0.698. The number of methoxy groups -OCH3 is 1. The van der Waals surface area contributed by atoms with E-state index in [0.29, 0.717) is 5.56 Å². The normalized spacial score (nSPS) is 13.3. The summed E-state index contributed by atoms with van der Waals surface area (Å²) in [5, 5.41) is 0. The van der Waals surface area contributed by atoms with E-state index in [0.717, 1.165) is 36.7 Å². The van der Waals surface area contributed by atoms with Crippen LogP contribution in [0, 0.1) is 0 Å². The van der Waals surface area contributed by atoms with Gasteiger partial charge in [0.15, 0.2) is 0 Å². The van der Waals surface area contributed by atoms with Crippen molar-refractivity contribution in [1.82, 2.24) is 9.55 Å². The molecule has 5 heteroatoms. The van der Waals surface area contributed by atoms with Gasteiger partial charge < -0.3 is 14.2 Å². The molecule has 0 N–H and O–H groups in total. The largest absolute Gasteiger partial charge is 0.465 e. The number of carbonyl (C=O) groups is 1. The summed E-state index contributed by atoms with van der Waals surface area (Å²) in [6.07, 6.45) is 0. The number of hydrogen-bond donors (Lipinski definition) is 0. The van der Waals surface area contributed by atoms with Crippen LogP contribution in [0.2, 0.25) is 0 Å². The monoisotopic (exact) mass is 307 g/mol. The molecule has 0 fully saturated rings. The van der Waals surface area contributed by atoms with Crippen molar-refractivity contribution >= 4 is 23.0 Å². The Balaban J connectivity index is 1.58. The lowest BCUT2D eigenvalue weighted by Gasteiger charge is -2.16. The highest BCUT2D eigenvalue weighted by Crippen LogP contribution is 2.28. The Hall–Kier alpha value is -2.82. The third kappa shape index (κ3) is 2.34. The van der Waals surface area contributed by atoms with Crippen molar-refractivity contribution in [2.45, 2.75) is 13.1 Å². The Morgan fingerprint density at radius 3 is 2.70 bits per heavy atom. The number of para-hydroxylation sites is 2. The standard InChI is InChI=1S/C18H17N3O2/c1-23-17(22)14-8-6-13(7-9-14)12-20-10-11-21-16-5-3-2-4-15(16)19-18(20)21/h2-9H,10-12H2,1H3. The van der Waals surface area contributed by atoms with Gasteiger partial charge in [0.25, 0.3) is 0 Å². The van der Waals surface area contributed by atoms with Gasteiger partial charge >= 0.3 is 5.97 Å². The van der Waals surface area contributed by atoms with Gasteiger partial charge in [0, 0.05) is 19.6 Å². The predicted molar refractivity (Wildman–Crippen MR) is 88.6 cm³/mol. The van der Waals surface area contributed by atoms with Crippen LogP contribution in [-0.2, 0) is 17.8 Å². The van der Waals surface area contributed by atoms with Crippen molar-refractivity contribution in [2.24, 2.45) is 0 Å². The van der Waals surface area contributed by atoms with Crippen LogP contribution in [0.3, 0.4) is 0 Å². The van der Waals surface area contributed by atoms with E-state index in [1.807, 2.05) is 30.3 Å². The Bertz CT molecular complexity index is 868. The third-order valence-corrected chi connectivity index (χ3v) is 4.26. The number of benzene rings is 2. The van der Waals surface area contributed by atoms with Crippen molar-refractivity contribution in [2.75, 3.05) is 18.6 Å². The van der Waals surface area contributed by atoms with Crippen LogP contribution in [0.4, 0.5) is 5.95 Å². The predicted octanol–water partition coefficient (Wildman–Crippen LogP) is 2.84. The van der Waals surface area contributed by atoms with Gasteiger partial charge in [0.1, 0.15) is 0 Å². The molecule has 0 saturated heterocycles. The van der Waals surface area contributed by atoms with Gasteiger partial charge in [-0.3, -0.25) is 0 Å². The fourth-order valence-electron chi connectivity index (χ4n) is 3.08. The molecule has 2 heterocycles. The van der Waals surface area contributed by atoms with E-state index in [-0.39, 0.29) is 5.97 Å². The number of carbonyl (C=O) groups excluding carboxylic acids is 1. The summed E-state index contributed by atoms with van der Waals surface area (Å²) in [7, 11) is 1.39. The van der Waals surface area contributed by atoms with Crippen LogP contribution < -0.4 is 4.90 Å². The highest BCUT2D eigenvalue weighted by Gasteiger charge is 2.23. The average molecular weight is 307 g/mol. The molecule has 4 rings (SSSR count). The first-order chi connectivity index (χ1) is 11.3. The molecule has 3 aromatic rings. The van der Waals surface area contributed by atoms with Gasteiger partial charge in [0.05, 0.1) is 23.7 Å². The molecule has 5 nitrogen and oxygen atoms in total. The van der Waals surface area contributed by atoms with Gasteiger partial charge in [-0.1, -0.05) is 24.3 Å². The van der Waals surface area contributed by atoms with Crippen molar-refractivity contribution in [3.05, 3.63) is 59.7 Å². The summed E-state index contributed by atoms with van der Waals surface area (Å²) < 4.78 is 6.99. The molecule has 0 bridgehead atoms. The Kier molecular flexibility index (Phi) is 3.26. The number of anilines is 1. The molecule has 0 radical (unpaired) electrons. The second kappa shape index (κ2) is 5.43. The Morgan fingerprint density at radius 1 is 1.13 bits per heavy atom. The topological polar surface area (TPSA) is 47.4 Å². The maximum atomic E-state index is 11.5. The van der Waals surface area contributed by atoms with E-state index < -0.39 is 0 Å². The number of imidazole rings is 1. The van der Waals surface area contributed by atoms with E-state index in [4.69, 9.17) is 9.72 Å². The molecule has 2 aromatic carbocycles. The van der Waals surface area contributed by atoms with Gasteiger partial charge in [0.2, 0.25) is 5.95 Å². The van der Waals surface area contributed by atoms with Crippen molar-refractivity contribution in [3.8, 4) is 0 Å². The molecule has 0 saturated carbocycles. The summed E-state index contributed by atoms with van der Waals surface area (Å²) in [4.78, 5) is 18.5. The molecule has 1 aromatic heterocycles. The second-order valence-corrected chi connectivity index (χ2v) is 5.66. The first-order valence-corrected chi connectivity index (χ1v) is 7.64. The van der Waals surface area contributed by atoms with Crippen molar-refractivity contribution in [1.29, 1.82) is 0 Å². The minimum atomic E-state index is -0.306. The van der Waals surface area contributed by atoms with Gasteiger partial charge in [-0.25, -0.2) is 9.78 Å². The van der Waals surface area contributed by atoms with Gasteiger partial charge in [-0.05, 0) is 29.8 Å². The lowest BCUT2D eigenvalue weighted by atomic mass is 10.1. The van der Waals surface area contributed by atoms with Crippen LogP contribution in [0.1, 0.15) is 15.9 Å². The van der Waals surface area contributed by atoms with Crippen LogP contribution in [0.15, 0.2) is 48.5 Å². The molecule has 1 aliphatic heterocycles. The van der Waals surface area contributed by atoms with Crippen molar-refractivity contribution in [3.63, 3.8) is 0 Å². The molecule has 1 aliphatic rings. The van der Waals surface area contributed by atoms with E-state index in [2.05, 4.69) is 15.5 Å². The smallest absolute Gasteiger partial charge is 0.337 e. The van der Waals surface area contributed by atoms with Crippen LogP contribution in [0.25, 0.3) is 11.0 Å². The summed E-state index contributed by atoms with van der Waals surface area (Å²) >= 11 is 0. The maximum Gasteiger partial charge on any atom is 0.337 e. The van der Waals surface area contributed by atoms with E-state index in [9.17, 15) is 4.79 Å². The van der Waals surface area contributed by atoms with Crippen LogP contribution in [0.5, 0.6) is 0 Å². The number of hydrogen-bond acceptors (Lipinski definition) is 4. The Morgan fingerprint density at radius 2 is 1.91 bits per heavy atom. The molecule has 0 atom stereocenters. The zero-order valence-electron chi connectivity index (χ0n) is 12.9. The Labute approximate surface area is 134 Å². The maximum absolute atomic E-state index is 11.5. The third-order valence-electron chi connectivity index (χ3n) is 4.26. The first kappa shape index (κ1) is 13.8. The van der Waals surface area contributed by atoms with E-state index in [1.165, 1.54) is 12.6 Å². The summed E-state index contributed by atoms with van der Waals surface area (Å²) in [6, 6.07) is 15.8. The molecule has 0 spiro atoms. The van der Waals surface area contributed by atoms with Crippen LogP contribution in [-0.4, -0.2) is 29.2 Å². The van der Waals surface area contributed by atoms with Gasteiger partial charge in [-0.15, -0.1) is 0 Å². The number of ether oxygens (including phenoxy) is 1. The molecular weight excluding hydrogens is 290 g/mol. The number of aromatic nitrogens is 2. The number of fused-ring (bicyclic) bond motifs is 3. The molecule has 23 heavy (non-hydrogen) atoms. The SMILES string of the molecule is COC(=O)c1ccc(CN2CCn3c2nc2ccccc23)cc1. The summed E-state index contributed by atoms with van der Waals surface area (Å²) in [5.74, 6) is 0.711. The molecular formula is C18H17N3O2. The molecule has 0 aliphatic carbocycles. The fraction of sp³-hybridized carbons (Fsp3) is 0.222. The van der Waals surface area contributed by atoms with Gasteiger partial charge in [-0.2, -0.15) is 0 Å². The lowest BCUT2D eigenvalue weighted by molar-refractivity contribution is 0.0600. The summed E-state index contributed by atoms with van der Waals surface area (Å²) in [5.41, 5.74) is 3.95. The minimum Gasteiger partial charge on any atom is -0.465 e. The zero-order chi connectivity index (χ0) is 15.8. The number of nitrogens with zero attached hydrogens (tertiary/aromatic N) is 3. The number of rotatable bonds is 3. The van der Waals surface area contributed by atoms with E-state index >= 15 is 0 Å². The van der Waals surface area contributed by atoms with Crippen molar-refractivity contribution < 1.29 is 9.53 Å². The second-order valence-electron chi connectivity index (χ2n) is 5.66. The fourth-order valence-corrected chi connectivity index (χ4v) is 3.08. The lowest BCUT2D eigenvalue weighted by Crippen LogP contribution is -2.20.